The summed E-state index contributed by atoms with van der Waals surface area (Å²) >= 11 is 0. The van der Waals surface area contributed by atoms with Crippen LogP contribution in [0.5, 0.6) is 0 Å². The molecule has 0 saturated heterocycles. The zero-order valence-electron chi connectivity index (χ0n) is 9.59. The quantitative estimate of drug-likeness (QED) is 0.501. The van der Waals surface area contributed by atoms with Gasteiger partial charge in [-0.05, 0) is 31.1 Å². The van der Waals surface area contributed by atoms with Crippen LogP contribution in [0.1, 0.15) is 40.5 Å². The summed E-state index contributed by atoms with van der Waals surface area (Å²) in [5.41, 5.74) is 0.780. The molecule has 0 aliphatic heterocycles. The topological polar surface area (TPSA) is 26.3 Å². The van der Waals surface area contributed by atoms with Crippen molar-refractivity contribution in [2.75, 3.05) is 0 Å². The van der Waals surface area contributed by atoms with Crippen LogP contribution >= 0.6 is 0 Å². The van der Waals surface area contributed by atoms with E-state index in [2.05, 4.69) is 27.4 Å². The minimum Gasteiger partial charge on any atom is -0.459 e. The first-order valence-electron chi connectivity index (χ1n) is 5.21. The average molecular weight is 196 g/mol. The minimum atomic E-state index is -0.250. The van der Waals surface area contributed by atoms with Crippen LogP contribution in [0.25, 0.3) is 0 Å². The monoisotopic (exact) mass is 196 g/mol. The van der Waals surface area contributed by atoms with Gasteiger partial charge in [0.2, 0.25) is 0 Å². The van der Waals surface area contributed by atoms with E-state index >= 15 is 0 Å². The number of carbonyl (C=O) groups is 1. The van der Waals surface area contributed by atoms with Crippen LogP contribution in [0.2, 0.25) is 0 Å². The first-order chi connectivity index (χ1) is 6.34. The molecule has 0 aromatic rings. The Bertz CT molecular complexity index is 253. The van der Waals surface area contributed by atoms with E-state index in [0.717, 1.165) is 12.8 Å². The Labute approximate surface area is 86.3 Å². The fourth-order valence-electron chi connectivity index (χ4n) is 1.89. The highest BCUT2D eigenvalue weighted by molar-refractivity contribution is 5.87. The molecule has 2 atom stereocenters. The molecule has 0 aromatic carbocycles. The lowest BCUT2D eigenvalue weighted by Crippen LogP contribution is -2.26. The van der Waals surface area contributed by atoms with Gasteiger partial charge in [0, 0.05) is 5.57 Å². The van der Waals surface area contributed by atoms with E-state index in [4.69, 9.17) is 4.74 Å². The Morgan fingerprint density at radius 2 is 2.07 bits per heavy atom. The molecule has 0 aromatic heterocycles. The first-order valence-corrected chi connectivity index (χ1v) is 5.21. The van der Waals surface area contributed by atoms with Crippen molar-refractivity contribution in [2.24, 2.45) is 11.3 Å². The SMILES string of the molecule is C=C(C)C(=O)OC1CCC(C)(C)C1C. The maximum atomic E-state index is 11.3. The molecule has 0 radical (unpaired) electrons. The van der Waals surface area contributed by atoms with Gasteiger partial charge in [-0.1, -0.05) is 27.4 Å². The Morgan fingerprint density at radius 1 is 1.50 bits per heavy atom. The van der Waals surface area contributed by atoms with Gasteiger partial charge in [0.25, 0.3) is 0 Å². The number of rotatable bonds is 2. The van der Waals surface area contributed by atoms with Crippen LogP contribution in [-0.4, -0.2) is 12.1 Å². The van der Waals surface area contributed by atoms with E-state index < -0.39 is 0 Å². The highest BCUT2D eigenvalue weighted by atomic mass is 16.5. The van der Waals surface area contributed by atoms with Crippen LogP contribution in [0.3, 0.4) is 0 Å². The fraction of sp³-hybridized carbons (Fsp3) is 0.750. The smallest absolute Gasteiger partial charge is 0.333 e. The van der Waals surface area contributed by atoms with Crippen molar-refractivity contribution in [1.29, 1.82) is 0 Å². The largest absolute Gasteiger partial charge is 0.459 e. The predicted molar refractivity (Wildman–Crippen MR) is 56.9 cm³/mol. The van der Waals surface area contributed by atoms with Crippen molar-refractivity contribution in [3.63, 3.8) is 0 Å². The highest BCUT2D eigenvalue weighted by Gasteiger charge is 2.40. The summed E-state index contributed by atoms with van der Waals surface area (Å²) in [6.45, 7) is 11.9. The van der Waals surface area contributed by atoms with Gasteiger partial charge >= 0.3 is 5.97 Å². The molecule has 2 unspecified atom stereocenters. The van der Waals surface area contributed by atoms with Gasteiger partial charge in [-0.3, -0.25) is 0 Å². The van der Waals surface area contributed by atoms with Crippen molar-refractivity contribution >= 4 is 5.97 Å². The highest BCUT2D eigenvalue weighted by Crippen LogP contribution is 2.43. The summed E-state index contributed by atoms with van der Waals surface area (Å²) < 4.78 is 5.38. The van der Waals surface area contributed by atoms with Gasteiger partial charge in [0.05, 0.1) is 0 Å². The lowest BCUT2D eigenvalue weighted by molar-refractivity contribution is -0.146. The number of ether oxygens (including phenoxy) is 1. The van der Waals surface area contributed by atoms with Crippen molar-refractivity contribution in [2.45, 2.75) is 46.6 Å². The Balaban J connectivity index is 2.57. The summed E-state index contributed by atoms with van der Waals surface area (Å²) in [5.74, 6) is 0.186. The molecule has 0 N–H and O–H groups in total. The maximum absolute atomic E-state index is 11.3. The second-order valence-electron chi connectivity index (χ2n) is 5.04. The molecule has 1 fully saturated rings. The third kappa shape index (κ3) is 2.17. The van der Waals surface area contributed by atoms with E-state index in [1.165, 1.54) is 0 Å². The third-order valence-corrected chi connectivity index (χ3v) is 3.47. The van der Waals surface area contributed by atoms with E-state index in [1.807, 2.05) is 0 Å². The Hall–Kier alpha value is -0.790. The zero-order valence-corrected chi connectivity index (χ0v) is 9.59. The van der Waals surface area contributed by atoms with Gasteiger partial charge in [0.1, 0.15) is 6.10 Å². The fourth-order valence-corrected chi connectivity index (χ4v) is 1.89. The number of hydrogen-bond acceptors (Lipinski definition) is 2. The van der Waals surface area contributed by atoms with Gasteiger partial charge in [-0.2, -0.15) is 0 Å². The van der Waals surface area contributed by atoms with Gasteiger partial charge < -0.3 is 4.74 Å². The zero-order chi connectivity index (χ0) is 10.9. The standard InChI is InChI=1S/C12H20O2/c1-8(2)11(13)14-10-6-7-12(4,5)9(10)3/h9-10H,1,6-7H2,2-5H3. The Kier molecular flexibility index (Phi) is 3.03. The third-order valence-electron chi connectivity index (χ3n) is 3.47. The lowest BCUT2D eigenvalue weighted by atomic mass is 9.83. The molecular weight excluding hydrogens is 176 g/mol. The number of carbonyl (C=O) groups excluding carboxylic acids is 1. The molecule has 0 bridgehead atoms. The number of esters is 1. The molecular formula is C12H20O2. The summed E-state index contributed by atoms with van der Waals surface area (Å²) in [7, 11) is 0. The van der Waals surface area contributed by atoms with E-state index in [1.54, 1.807) is 6.92 Å². The predicted octanol–water partition coefficient (Wildman–Crippen LogP) is 2.93. The second-order valence-corrected chi connectivity index (χ2v) is 5.04. The van der Waals surface area contributed by atoms with Crippen LogP contribution in [0, 0.1) is 11.3 Å². The summed E-state index contributed by atoms with van der Waals surface area (Å²) in [6.07, 6.45) is 2.18. The average Bonchev–Trinajstić information content (AvgIpc) is 2.32. The van der Waals surface area contributed by atoms with Crippen molar-refractivity contribution in [1.82, 2.24) is 0 Å². The second kappa shape index (κ2) is 3.76. The molecule has 0 amide bonds. The van der Waals surface area contributed by atoms with Gasteiger partial charge in [-0.25, -0.2) is 4.79 Å². The summed E-state index contributed by atoms with van der Waals surface area (Å²) in [4.78, 5) is 11.3. The molecule has 1 rings (SSSR count). The van der Waals surface area contributed by atoms with Crippen LogP contribution in [0.15, 0.2) is 12.2 Å². The minimum absolute atomic E-state index is 0.0780. The van der Waals surface area contributed by atoms with Gasteiger partial charge in [0.15, 0.2) is 0 Å². The molecule has 1 saturated carbocycles. The van der Waals surface area contributed by atoms with Crippen molar-refractivity contribution in [3.8, 4) is 0 Å². The van der Waals surface area contributed by atoms with E-state index in [0.29, 0.717) is 16.9 Å². The number of hydrogen-bond donors (Lipinski definition) is 0. The van der Waals surface area contributed by atoms with E-state index in [9.17, 15) is 4.79 Å². The van der Waals surface area contributed by atoms with Gasteiger partial charge in [-0.15, -0.1) is 0 Å². The molecule has 80 valence electrons. The molecule has 0 heterocycles. The lowest BCUT2D eigenvalue weighted by Gasteiger charge is -2.26. The summed E-state index contributed by atoms with van der Waals surface area (Å²) in [6, 6.07) is 0. The normalized spacial score (nSPS) is 30.0. The molecule has 1 aliphatic rings. The van der Waals surface area contributed by atoms with Crippen LogP contribution in [0.4, 0.5) is 0 Å². The van der Waals surface area contributed by atoms with Crippen LogP contribution in [-0.2, 0) is 9.53 Å². The molecule has 1 aliphatic carbocycles. The molecule has 0 spiro atoms. The van der Waals surface area contributed by atoms with Crippen molar-refractivity contribution < 1.29 is 9.53 Å². The Morgan fingerprint density at radius 3 is 2.43 bits per heavy atom. The van der Waals surface area contributed by atoms with Crippen LogP contribution < -0.4 is 0 Å². The van der Waals surface area contributed by atoms with Crippen molar-refractivity contribution in [3.05, 3.63) is 12.2 Å². The van der Waals surface area contributed by atoms with E-state index in [-0.39, 0.29) is 12.1 Å². The first kappa shape index (κ1) is 11.3. The molecule has 2 heteroatoms. The maximum Gasteiger partial charge on any atom is 0.333 e. The molecule has 2 nitrogen and oxygen atoms in total. The summed E-state index contributed by atoms with van der Waals surface area (Å²) in [5, 5.41) is 0. The molecule has 14 heavy (non-hydrogen) atoms.